The summed E-state index contributed by atoms with van der Waals surface area (Å²) in [4.78, 5) is 16.6. The summed E-state index contributed by atoms with van der Waals surface area (Å²) in [6.07, 6.45) is 0.932. The number of ether oxygens (including phenoxy) is 2. The van der Waals surface area contributed by atoms with E-state index in [9.17, 15) is 4.79 Å². The summed E-state index contributed by atoms with van der Waals surface area (Å²) >= 11 is 0. The summed E-state index contributed by atoms with van der Waals surface area (Å²) in [5, 5.41) is 0. The van der Waals surface area contributed by atoms with Gasteiger partial charge in [-0.1, -0.05) is 24.3 Å². The zero-order chi connectivity index (χ0) is 17.8. The average molecular weight is 340 g/mol. The van der Waals surface area contributed by atoms with Crippen molar-refractivity contribution in [2.24, 2.45) is 0 Å². The van der Waals surface area contributed by atoms with Crippen molar-refractivity contribution >= 4 is 11.6 Å². The highest BCUT2D eigenvalue weighted by Crippen LogP contribution is 2.29. The Balaban J connectivity index is 1.63. The van der Waals surface area contributed by atoms with Gasteiger partial charge in [-0.2, -0.15) is 0 Å². The first-order chi connectivity index (χ1) is 12.1. The van der Waals surface area contributed by atoms with Gasteiger partial charge in [0.2, 0.25) is 5.91 Å². The van der Waals surface area contributed by atoms with E-state index in [0.717, 1.165) is 24.2 Å². The topological polar surface area (TPSA) is 42.0 Å². The van der Waals surface area contributed by atoms with E-state index in [2.05, 4.69) is 6.07 Å². The Morgan fingerprint density at radius 2 is 1.88 bits per heavy atom. The molecule has 1 heterocycles. The summed E-state index contributed by atoms with van der Waals surface area (Å²) in [7, 11) is 5.20. The van der Waals surface area contributed by atoms with Crippen molar-refractivity contribution in [1.82, 2.24) is 4.90 Å². The minimum atomic E-state index is 0.132. The number of benzene rings is 2. The lowest BCUT2D eigenvalue weighted by molar-refractivity contribution is -0.119. The summed E-state index contributed by atoms with van der Waals surface area (Å²) in [5.41, 5.74) is 3.38. The number of nitrogens with zero attached hydrogens (tertiary/aromatic N) is 2. The molecule has 0 unspecified atom stereocenters. The first-order valence-corrected chi connectivity index (χ1v) is 8.40. The highest BCUT2D eigenvalue weighted by Gasteiger charge is 2.24. The highest BCUT2D eigenvalue weighted by molar-refractivity contribution is 5.96. The number of anilines is 1. The van der Waals surface area contributed by atoms with Crippen molar-refractivity contribution in [2.45, 2.75) is 13.0 Å². The van der Waals surface area contributed by atoms with E-state index in [-0.39, 0.29) is 5.91 Å². The van der Waals surface area contributed by atoms with Crippen LogP contribution in [0.5, 0.6) is 11.5 Å². The van der Waals surface area contributed by atoms with Gasteiger partial charge in [-0.05, 0) is 42.8 Å². The molecular formula is C20H24N2O3. The van der Waals surface area contributed by atoms with E-state index >= 15 is 0 Å². The Kier molecular flexibility index (Phi) is 5.24. The van der Waals surface area contributed by atoms with Gasteiger partial charge in [0.1, 0.15) is 0 Å². The first kappa shape index (κ1) is 17.3. The third kappa shape index (κ3) is 3.77. The minimum Gasteiger partial charge on any atom is -0.493 e. The van der Waals surface area contributed by atoms with Gasteiger partial charge in [0.05, 0.1) is 20.8 Å². The van der Waals surface area contributed by atoms with Crippen LogP contribution >= 0.6 is 0 Å². The van der Waals surface area contributed by atoms with Crippen molar-refractivity contribution in [2.75, 3.05) is 39.3 Å². The maximum absolute atomic E-state index is 12.7. The largest absolute Gasteiger partial charge is 0.493 e. The van der Waals surface area contributed by atoms with Crippen LogP contribution in [0.2, 0.25) is 0 Å². The van der Waals surface area contributed by atoms with Crippen LogP contribution < -0.4 is 14.4 Å². The van der Waals surface area contributed by atoms with Crippen LogP contribution in [0.25, 0.3) is 0 Å². The van der Waals surface area contributed by atoms with Gasteiger partial charge in [-0.15, -0.1) is 0 Å². The molecule has 0 saturated carbocycles. The molecule has 132 valence electrons. The summed E-state index contributed by atoms with van der Waals surface area (Å²) in [6.45, 7) is 1.81. The van der Waals surface area contributed by atoms with Gasteiger partial charge in [0.15, 0.2) is 11.5 Å². The molecule has 0 bridgehead atoms. The molecule has 0 saturated heterocycles. The number of hydrogen-bond donors (Lipinski definition) is 0. The molecule has 5 heteroatoms. The Morgan fingerprint density at radius 3 is 2.64 bits per heavy atom. The zero-order valence-electron chi connectivity index (χ0n) is 15.0. The molecule has 0 aromatic heterocycles. The molecule has 0 fully saturated rings. The van der Waals surface area contributed by atoms with Gasteiger partial charge in [-0.25, -0.2) is 0 Å². The lowest BCUT2D eigenvalue weighted by Crippen LogP contribution is -2.37. The van der Waals surface area contributed by atoms with Crippen LogP contribution in [-0.4, -0.2) is 45.2 Å². The number of carbonyl (C=O) groups excluding carboxylic acids is 1. The molecule has 0 spiro atoms. The van der Waals surface area contributed by atoms with Gasteiger partial charge >= 0.3 is 0 Å². The molecule has 2 aromatic rings. The van der Waals surface area contributed by atoms with Crippen molar-refractivity contribution in [3.8, 4) is 11.5 Å². The van der Waals surface area contributed by atoms with E-state index in [0.29, 0.717) is 24.6 Å². The number of methoxy groups -OCH3 is 2. The average Bonchev–Trinajstić information content (AvgIpc) is 3.05. The van der Waals surface area contributed by atoms with Crippen LogP contribution in [0.4, 0.5) is 5.69 Å². The SMILES string of the molecule is COc1ccc(CN(C)CC(=O)N2CCc3ccccc32)cc1OC. The molecule has 5 nitrogen and oxygen atoms in total. The minimum absolute atomic E-state index is 0.132. The lowest BCUT2D eigenvalue weighted by Gasteiger charge is -2.22. The molecule has 25 heavy (non-hydrogen) atoms. The maximum atomic E-state index is 12.7. The van der Waals surface area contributed by atoms with E-state index in [1.165, 1.54) is 5.56 Å². The molecule has 1 amide bonds. The number of carbonyl (C=O) groups is 1. The maximum Gasteiger partial charge on any atom is 0.241 e. The van der Waals surface area contributed by atoms with E-state index in [4.69, 9.17) is 9.47 Å². The summed E-state index contributed by atoms with van der Waals surface area (Å²) in [5.74, 6) is 1.54. The fourth-order valence-corrected chi connectivity index (χ4v) is 3.26. The first-order valence-electron chi connectivity index (χ1n) is 8.40. The number of rotatable bonds is 6. The monoisotopic (exact) mass is 340 g/mol. The molecule has 3 rings (SSSR count). The fourth-order valence-electron chi connectivity index (χ4n) is 3.26. The molecule has 1 aliphatic heterocycles. The Hall–Kier alpha value is -2.53. The van der Waals surface area contributed by atoms with E-state index in [1.807, 2.05) is 53.2 Å². The molecule has 0 aliphatic carbocycles. The Morgan fingerprint density at radius 1 is 1.12 bits per heavy atom. The van der Waals surface area contributed by atoms with Gasteiger partial charge in [0, 0.05) is 18.8 Å². The van der Waals surface area contributed by atoms with Crippen LogP contribution in [0, 0.1) is 0 Å². The van der Waals surface area contributed by atoms with Crippen molar-refractivity contribution in [3.63, 3.8) is 0 Å². The molecule has 0 radical (unpaired) electrons. The van der Waals surface area contributed by atoms with Crippen LogP contribution in [0.3, 0.4) is 0 Å². The second-order valence-corrected chi connectivity index (χ2v) is 6.29. The highest BCUT2D eigenvalue weighted by atomic mass is 16.5. The number of likely N-dealkylation sites (N-methyl/N-ethyl adjacent to an activating group) is 1. The van der Waals surface area contributed by atoms with Crippen LogP contribution in [0.15, 0.2) is 42.5 Å². The second-order valence-electron chi connectivity index (χ2n) is 6.29. The lowest BCUT2D eigenvalue weighted by atomic mass is 10.2. The fraction of sp³-hybridized carbons (Fsp3) is 0.350. The normalized spacial score (nSPS) is 13.0. The summed E-state index contributed by atoms with van der Waals surface area (Å²) < 4.78 is 10.6. The number of amides is 1. The molecular weight excluding hydrogens is 316 g/mol. The van der Waals surface area contributed by atoms with Gasteiger partial charge in [0.25, 0.3) is 0 Å². The van der Waals surface area contributed by atoms with Gasteiger partial charge in [-0.3, -0.25) is 9.69 Å². The Labute approximate surface area is 148 Å². The number of hydrogen-bond acceptors (Lipinski definition) is 4. The predicted octanol–water partition coefficient (Wildman–Crippen LogP) is 2.72. The van der Waals surface area contributed by atoms with Crippen LogP contribution in [-0.2, 0) is 17.8 Å². The molecule has 1 aliphatic rings. The van der Waals surface area contributed by atoms with Crippen molar-refractivity contribution in [1.29, 1.82) is 0 Å². The summed E-state index contributed by atoms with van der Waals surface area (Å²) in [6, 6.07) is 14.0. The Bertz CT molecular complexity index is 760. The smallest absolute Gasteiger partial charge is 0.241 e. The van der Waals surface area contributed by atoms with E-state index < -0.39 is 0 Å². The third-order valence-electron chi connectivity index (χ3n) is 4.49. The molecule has 0 atom stereocenters. The van der Waals surface area contributed by atoms with E-state index in [1.54, 1.807) is 14.2 Å². The zero-order valence-corrected chi connectivity index (χ0v) is 15.0. The molecule has 2 aromatic carbocycles. The third-order valence-corrected chi connectivity index (χ3v) is 4.49. The standard InChI is InChI=1S/C20H24N2O3/c1-21(13-15-8-9-18(24-2)19(12-15)25-3)14-20(23)22-11-10-16-6-4-5-7-17(16)22/h4-9,12H,10-11,13-14H2,1-3H3. The number of para-hydroxylation sites is 1. The second kappa shape index (κ2) is 7.57. The predicted molar refractivity (Wildman–Crippen MR) is 98.4 cm³/mol. The van der Waals surface area contributed by atoms with Gasteiger partial charge < -0.3 is 14.4 Å². The number of fused-ring (bicyclic) bond motifs is 1. The molecule has 0 N–H and O–H groups in total. The van der Waals surface area contributed by atoms with Crippen molar-refractivity contribution < 1.29 is 14.3 Å². The van der Waals surface area contributed by atoms with Crippen molar-refractivity contribution in [3.05, 3.63) is 53.6 Å². The quantitative estimate of drug-likeness (QED) is 0.811. The van der Waals surface area contributed by atoms with Crippen LogP contribution in [0.1, 0.15) is 11.1 Å².